The molecule has 0 saturated heterocycles. The Kier molecular flexibility index (Phi) is 4.82. The Labute approximate surface area is 118 Å². The molecule has 1 aromatic rings. The van der Waals surface area contributed by atoms with Gasteiger partial charge in [0.2, 0.25) is 0 Å². The second kappa shape index (κ2) is 6.39. The molecule has 5 heteroatoms. The zero-order valence-corrected chi connectivity index (χ0v) is 11.9. The summed E-state index contributed by atoms with van der Waals surface area (Å²) in [6.07, 6.45) is 4.69. The van der Waals surface area contributed by atoms with Gasteiger partial charge in [0.05, 0.1) is 5.03 Å². The number of carbonyl (C=O) groups is 1. The van der Waals surface area contributed by atoms with E-state index in [1.807, 2.05) is 18.2 Å². The van der Waals surface area contributed by atoms with Crippen LogP contribution in [0.15, 0.2) is 29.4 Å². The van der Waals surface area contributed by atoms with Crippen molar-refractivity contribution in [3.8, 4) is 0 Å². The maximum atomic E-state index is 11.7. The molecular formula is C14H20N2O2S. The van der Waals surface area contributed by atoms with Gasteiger partial charge in [-0.25, -0.2) is 4.98 Å². The molecule has 0 spiro atoms. The molecule has 0 amide bonds. The SMILES string of the molecule is CCCNC(CSc1ccccn1)(C(=O)O)C1CC1. The molecule has 2 N–H and O–H groups in total. The third kappa shape index (κ3) is 3.48. The van der Waals surface area contributed by atoms with Gasteiger partial charge in [0.15, 0.2) is 0 Å². The molecule has 104 valence electrons. The lowest BCUT2D eigenvalue weighted by atomic mass is 9.95. The molecule has 0 radical (unpaired) electrons. The van der Waals surface area contributed by atoms with E-state index < -0.39 is 11.5 Å². The van der Waals surface area contributed by atoms with Gasteiger partial charge < -0.3 is 10.4 Å². The van der Waals surface area contributed by atoms with Crippen molar-refractivity contribution in [2.24, 2.45) is 5.92 Å². The van der Waals surface area contributed by atoms with E-state index in [9.17, 15) is 9.90 Å². The van der Waals surface area contributed by atoms with Gasteiger partial charge in [-0.2, -0.15) is 0 Å². The minimum atomic E-state index is -0.793. The molecule has 0 aromatic carbocycles. The first kappa shape index (κ1) is 14.3. The Hall–Kier alpha value is -1.07. The van der Waals surface area contributed by atoms with Crippen molar-refractivity contribution in [1.29, 1.82) is 0 Å². The number of thioether (sulfide) groups is 1. The van der Waals surface area contributed by atoms with E-state index in [1.165, 1.54) is 11.8 Å². The first-order chi connectivity index (χ1) is 9.19. The molecule has 1 heterocycles. The fraction of sp³-hybridized carbons (Fsp3) is 0.571. The molecule has 1 aromatic heterocycles. The van der Waals surface area contributed by atoms with E-state index in [2.05, 4.69) is 17.2 Å². The molecule has 0 bridgehead atoms. The number of pyridine rings is 1. The monoisotopic (exact) mass is 280 g/mol. The third-order valence-electron chi connectivity index (χ3n) is 3.43. The second-order valence-corrected chi connectivity index (χ2v) is 5.93. The van der Waals surface area contributed by atoms with E-state index in [0.29, 0.717) is 5.75 Å². The summed E-state index contributed by atoms with van der Waals surface area (Å²) >= 11 is 1.52. The highest BCUT2D eigenvalue weighted by atomic mass is 32.2. The quantitative estimate of drug-likeness (QED) is 0.716. The number of hydrogen-bond donors (Lipinski definition) is 2. The fourth-order valence-electron chi connectivity index (χ4n) is 2.17. The second-order valence-electron chi connectivity index (χ2n) is 4.93. The van der Waals surface area contributed by atoms with Crippen LogP contribution in [0.1, 0.15) is 26.2 Å². The Morgan fingerprint density at radius 1 is 1.58 bits per heavy atom. The van der Waals surface area contributed by atoms with Crippen LogP contribution in [0, 0.1) is 5.92 Å². The molecule has 1 fully saturated rings. The maximum absolute atomic E-state index is 11.7. The molecule has 0 aliphatic heterocycles. The number of hydrogen-bond acceptors (Lipinski definition) is 4. The van der Waals surface area contributed by atoms with E-state index in [0.717, 1.165) is 30.8 Å². The molecule has 1 aliphatic rings. The summed E-state index contributed by atoms with van der Waals surface area (Å²) in [6, 6.07) is 5.71. The predicted molar refractivity (Wildman–Crippen MR) is 76.3 cm³/mol. The lowest BCUT2D eigenvalue weighted by molar-refractivity contribution is -0.144. The third-order valence-corrected chi connectivity index (χ3v) is 4.57. The van der Waals surface area contributed by atoms with Crippen LogP contribution in [-0.4, -0.2) is 33.9 Å². The topological polar surface area (TPSA) is 62.2 Å². The van der Waals surface area contributed by atoms with Crippen molar-refractivity contribution in [3.63, 3.8) is 0 Å². The predicted octanol–water partition coefficient (Wildman–Crippen LogP) is 2.41. The summed E-state index contributed by atoms with van der Waals surface area (Å²) in [4.78, 5) is 16.0. The van der Waals surface area contributed by atoms with Gasteiger partial charge in [-0.3, -0.25) is 4.79 Å². The van der Waals surface area contributed by atoms with Crippen molar-refractivity contribution < 1.29 is 9.90 Å². The number of carboxylic acid groups (broad SMARTS) is 1. The van der Waals surface area contributed by atoms with Gasteiger partial charge in [-0.1, -0.05) is 13.0 Å². The molecular weight excluding hydrogens is 260 g/mol. The zero-order chi connectivity index (χ0) is 13.7. The number of carboxylic acids is 1. The minimum absolute atomic E-state index is 0.257. The standard InChI is InChI=1S/C14H20N2O2S/c1-2-8-16-14(13(17)18,11-6-7-11)10-19-12-5-3-4-9-15-12/h3-5,9,11,16H,2,6-8,10H2,1H3,(H,17,18). The Bertz CT molecular complexity index is 423. The highest BCUT2D eigenvalue weighted by Gasteiger charge is 2.50. The Balaban J connectivity index is 2.06. The average molecular weight is 280 g/mol. The zero-order valence-electron chi connectivity index (χ0n) is 11.1. The van der Waals surface area contributed by atoms with Crippen molar-refractivity contribution in [3.05, 3.63) is 24.4 Å². The maximum Gasteiger partial charge on any atom is 0.325 e. The summed E-state index contributed by atoms with van der Waals surface area (Å²) in [5, 5.41) is 13.8. The van der Waals surface area contributed by atoms with Gasteiger partial charge in [-0.15, -0.1) is 11.8 Å². The van der Waals surface area contributed by atoms with Crippen LogP contribution in [0.25, 0.3) is 0 Å². The molecule has 19 heavy (non-hydrogen) atoms. The van der Waals surface area contributed by atoms with Crippen molar-refractivity contribution >= 4 is 17.7 Å². The highest BCUT2D eigenvalue weighted by Crippen LogP contribution is 2.42. The first-order valence-corrected chi connectivity index (χ1v) is 7.70. The molecule has 1 atom stereocenters. The Morgan fingerprint density at radius 2 is 2.37 bits per heavy atom. The van der Waals surface area contributed by atoms with Crippen molar-refractivity contribution in [1.82, 2.24) is 10.3 Å². The van der Waals surface area contributed by atoms with Crippen LogP contribution in [0.5, 0.6) is 0 Å². The molecule has 2 rings (SSSR count). The smallest absolute Gasteiger partial charge is 0.325 e. The van der Waals surface area contributed by atoms with Crippen LogP contribution in [-0.2, 0) is 4.79 Å². The van der Waals surface area contributed by atoms with Crippen molar-refractivity contribution in [2.75, 3.05) is 12.3 Å². The van der Waals surface area contributed by atoms with Crippen LogP contribution in [0.2, 0.25) is 0 Å². The summed E-state index contributed by atoms with van der Waals surface area (Å²) in [5.41, 5.74) is -0.793. The Morgan fingerprint density at radius 3 is 2.89 bits per heavy atom. The average Bonchev–Trinajstić information content (AvgIpc) is 3.25. The summed E-state index contributed by atoms with van der Waals surface area (Å²) in [7, 11) is 0. The van der Waals surface area contributed by atoms with E-state index in [-0.39, 0.29) is 5.92 Å². The number of aromatic nitrogens is 1. The van der Waals surface area contributed by atoms with Crippen LogP contribution in [0.3, 0.4) is 0 Å². The molecule has 4 nitrogen and oxygen atoms in total. The lowest BCUT2D eigenvalue weighted by Crippen LogP contribution is -2.56. The number of nitrogens with zero attached hydrogens (tertiary/aromatic N) is 1. The first-order valence-electron chi connectivity index (χ1n) is 6.71. The van der Waals surface area contributed by atoms with E-state index in [4.69, 9.17) is 0 Å². The van der Waals surface area contributed by atoms with Crippen LogP contribution < -0.4 is 5.32 Å². The van der Waals surface area contributed by atoms with Gasteiger partial charge in [0.1, 0.15) is 5.54 Å². The largest absolute Gasteiger partial charge is 0.480 e. The van der Waals surface area contributed by atoms with E-state index in [1.54, 1.807) is 6.20 Å². The normalized spacial score (nSPS) is 17.9. The number of nitrogens with one attached hydrogen (secondary N) is 1. The van der Waals surface area contributed by atoms with Crippen LogP contribution >= 0.6 is 11.8 Å². The summed E-state index contributed by atoms with van der Waals surface area (Å²) in [5.74, 6) is 0.0592. The number of aliphatic carboxylic acids is 1. The fourth-order valence-corrected chi connectivity index (χ4v) is 3.32. The lowest BCUT2D eigenvalue weighted by Gasteiger charge is -2.30. The van der Waals surface area contributed by atoms with Gasteiger partial charge in [-0.05, 0) is 43.9 Å². The highest BCUT2D eigenvalue weighted by molar-refractivity contribution is 7.99. The van der Waals surface area contributed by atoms with Crippen molar-refractivity contribution in [2.45, 2.75) is 36.8 Å². The molecule has 1 saturated carbocycles. The van der Waals surface area contributed by atoms with Gasteiger partial charge >= 0.3 is 5.97 Å². The summed E-state index contributed by atoms with van der Waals surface area (Å²) < 4.78 is 0. The number of rotatable bonds is 8. The van der Waals surface area contributed by atoms with Gasteiger partial charge in [0, 0.05) is 11.9 Å². The molecule has 1 unspecified atom stereocenters. The van der Waals surface area contributed by atoms with E-state index >= 15 is 0 Å². The molecule has 1 aliphatic carbocycles. The van der Waals surface area contributed by atoms with Crippen LogP contribution in [0.4, 0.5) is 0 Å². The minimum Gasteiger partial charge on any atom is -0.480 e. The van der Waals surface area contributed by atoms with Gasteiger partial charge in [0.25, 0.3) is 0 Å². The summed E-state index contributed by atoms with van der Waals surface area (Å²) in [6.45, 7) is 2.80.